The number of anilines is 1. The first-order valence-electron chi connectivity index (χ1n) is 6.49. The maximum Gasteiger partial charge on any atom is 0.238 e. The number of nitrogens with zero attached hydrogens (tertiary/aromatic N) is 1. The number of para-hydroxylation sites is 1. The van der Waals surface area contributed by atoms with Crippen LogP contribution in [0.15, 0.2) is 30.3 Å². The predicted octanol–water partition coefficient (Wildman–Crippen LogP) is 1.47. The minimum absolute atomic E-state index is 0.0125. The van der Waals surface area contributed by atoms with E-state index in [9.17, 15) is 9.90 Å². The Morgan fingerprint density at radius 2 is 2.11 bits per heavy atom. The van der Waals surface area contributed by atoms with Gasteiger partial charge in [-0.2, -0.15) is 0 Å². The highest BCUT2D eigenvalue weighted by atomic mass is 16.3. The summed E-state index contributed by atoms with van der Waals surface area (Å²) in [5, 5.41) is 12.2. The topological polar surface area (TPSA) is 52.6 Å². The highest BCUT2D eigenvalue weighted by Gasteiger charge is 2.23. The number of aliphatic hydroxyl groups is 1. The molecular formula is C14H20N2O2. The fourth-order valence-corrected chi connectivity index (χ4v) is 2.38. The summed E-state index contributed by atoms with van der Waals surface area (Å²) in [6.45, 7) is 1.40. The van der Waals surface area contributed by atoms with E-state index in [0.717, 1.165) is 31.5 Å². The van der Waals surface area contributed by atoms with Crippen LogP contribution in [0.25, 0.3) is 0 Å². The lowest BCUT2D eigenvalue weighted by Crippen LogP contribution is -2.45. The molecule has 1 atom stereocenters. The molecule has 4 nitrogen and oxygen atoms in total. The Labute approximate surface area is 108 Å². The van der Waals surface area contributed by atoms with Gasteiger partial charge in [-0.25, -0.2) is 0 Å². The second-order valence-corrected chi connectivity index (χ2v) is 4.72. The molecule has 1 saturated heterocycles. The molecule has 0 aliphatic carbocycles. The first kappa shape index (κ1) is 13.1. The number of carbonyl (C=O) groups is 1. The second kappa shape index (κ2) is 6.52. The maximum absolute atomic E-state index is 11.9. The molecule has 0 saturated carbocycles. The van der Waals surface area contributed by atoms with Crippen molar-refractivity contribution in [3.05, 3.63) is 30.3 Å². The maximum atomic E-state index is 11.9. The van der Waals surface area contributed by atoms with E-state index in [1.165, 1.54) is 0 Å². The SMILES string of the molecule is O=C(CN1CCCCC1CO)Nc1ccccc1. The van der Waals surface area contributed by atoms with Gasteiger partial charge in [0, 0.05) is 11.7 Å². The molecule has 0 aromatic heterocycles. The molecule has 2 rings (SSSR count). The van der Waals surface area contributed by atoms with Crippen molar-refractivity contribution in [2.45, 2.75) is 25.3 Å². The fourth-order valence-electron chi connectivity index (χ4n) is 2.38. The minimum atomic E-state index is -0.0125. The fraction of sp³-hybridized carbons (Fsp3) is 0.500. The van der Waals surface area contributed by atoms with Crippen molar-refractivity contribution >= 4 is 11.6 Å². The van der Waals surface area contributed by atoms with Crippen molar-refractivity contribution < 1.29 is 9.90 Å². The van der Waals surface area contributed by atoms with Crippen LogP contribution < -0.4 is 5.32 Å². The lowest BCUT2D eigenvalue weighted by molar-refractivity contribution is -0.118. The van der Waals surface area contributed by atoms with Crippen LogP contribution in [0.5, 0.6) is 0 Å². The molecule has 1 heterocycles. The van der Waals surface area contributed by atoms with Crippen molar-refractivity contribution in [3.8, 4) is 0 Å². The van der Waals surface area contributed by atoms with Gasteiger partial charge in [0.1, 0.15) is 0 Å². The third-order valence-corrected chi connectivity index (χ3v) is 3.36. The standard InChI is InChI=1S/C14H20N2O2/c17-11-13-8-4-5-9-16(13)10-14(18)15-12-6-2-1-3-7-12/h1-3,6-7,13,17H,4-5,8-11H2,(H,15,18). The zero-order chi connectivity index (χ0) is 12.8. The van der Waals surface area contributed by atoms with Crippen LogP contribution in [0.4, 0.5) is 5.69 Å². The van der Waals surface area contributed by atoms with E-state index >= 15 is 0 Å². The van der Waals surface area contributed by atoms with Crippen molar-refractivity contribution in [3.63, 3.8) is 0 Å². The second-order valence-electron chi connectivity index (χ2n) is 4.72. The van der Waals surface area contributed by atoms with E-state index in [-0.39, 0.29) is 18.6 Å². The van der Waals surface area contributed by atoms with E-state index in [1.54, 1.807) is 0 Å². The first-order chi connectivity index (χ1) is 8.79. The van der Waals surface area contributed by atoms with Gasteiger partial charge in [0.15, 0.2) is 0 Å². The number of piperidine rings is 1. The van der Waals surface area contributed by atoms with Crippen LogP contribution >= 0.6 is 0 Å². The Bertz CT molecular complexity index is 381. The number of amides is 1. The number of hydrogen-bond donors (Lipinski definition) is 2. The quantitative estimate of drug-likeness (QED) is 0.848. The van der Waals surface area contributed by atoms with Gasteiger partial charge >= 0.3 is 0 Å². The van der Waals surface area contributed by atoms with Gasteiger partial charge in [0.25, 0.3) is 0 Å². The minimum Gasteiger partial charge on any atom is -0.395 e. The molecule has 1 unspecified atom stereocenters. The van der Waals surface area contributed by atoms with Gasteiger partial charge in [-0.15, -0.1) is 0 Å². The Morgan fingerprint density at radius 3 is 2.83 bits per heavy atom. The first-order valence-corrected chi connectivity index (χ1v) is 6.49. The molecule has 1 aliphatic heterocycles. The summed E-state index contributed by atoms with van der Waals surface area (Å²) in [4.78, 5) is 14.0. The largest absolute Gasteiger partial charge is 0.395 e. The summed E-state index contributed by atoms with van der Waals surface area (Å²) >= 11 is 0. The monoisotopic (exact) mass is 248 g/mol. The van der Waals surface area contributed by atoms with Gasteiger partial charge < -0.3 is 10.4 Å². The average molecular weight is 248 g/mol. The molecule has 1 aromatic carbocycles. The summed E-state index contributed by atoms with van der Waals surface area (Å²) in [6, 6.07) is 9.59. The molecule has 4 heteroatoms. The van der Waals surface area contributed by atoms with E-state index in [2.05, 4.69) is 10.2 Å². The van der Waals surface area contributed by atoms with Crippen molar-refractivity contribution in [2.24, 2.45) is 0 Å². The Balaban J connectivity index is 1.86. The lowest BCUT2D eigenvalue weighted by Gasteiger charge is -2.33. The molecule has 0 bridgehead atoms. The van der Waals surface area contributed by atoms with E-state index in [1.807, 2.05) is 30.3 Å². The Morgan fingerprint density at radius 1 is 1.33 bits per heavy atom. The smallest absolute Gasteiger partial charge is 0.238 e. The molecule has 1 amide bonds. The highest BCUT2D eigenvalue weighted by Crippen LogP contribution is 2.16. The summed E-state index contributed by atoms with van der Waals surface area (Å²) in [5.41, 5.74) is 0.819. The number of carbonyl (C=O) groups excluding carboxylic acids is 1. The third-order valence-electron chi connectivity index (χ3n) is 3.36. The van der Waals surface area contributed by atoms with E-state index < -0.39 is 0 Å². The number of benzene rings is 1. The van der Waals surface area contributed by atoms with Gasteiger partial charge in [-0.3, -0.25) is 9.69 Å². The van der Waals surface area contributed by atoms with Crippen LogP contribution in [0.3, 0.4) is 0 Å². The van der Waals surface area contributed by atoms with Crippen LogP contribution in [-0.4, -0.2) is 41.7 Å². The molecule has 0 spiro atoms. The Hall–Kier alpha value is -1.39. The van der Waals surface area contributed by atoms with Gasteiger partial charge in [-0.1, -0.05) is 24.6 Å². The lowest BCUT2D eigenvalue weighted by atomic mass is 10.0. The van der Waals surface area contributed by atoms with Crippen molar-refractivity contribution in [2.75, 3.05) is 25.0 Å². The number of hydrogen-bond acceptors (Lipinski definition) is 3. The average Bonchev–Trinajstić information content (AvgIpc) is 2.40. The summed E-state index contributed by atoms with van der Waals surface area (Å²) in [5.74, 6) is -0.0125. The highest BCUT2D eigenvalue weighted by molar-refractivity contribution is 5.92. The van der Waals surface area contributed by atoms with Gasteiger partial charge in [-0.05, 0) is 31.5 Å². The number of likely N-dealkylation sites (tertiary alicyclic amines) is 1. The number of rotatable bonds is 4. The van der Waals surface area contributed by atoms with Crippen molar-refractivity contribution in [1.29, 1.82) is 0 Å². The molecule has 1 fully saturated rings. The Kier molecular flexibility index (Phi) is 4.73. The van der Waals surface area contributed by atoms with Crippen LogP contribution in [0, 0.1) is 0 Å². The molecular weight excluding hydrogens is 228 g/mol. The number of nitrogens with one attached hydrogen (secondary N) is 1. The summed E-state index contributed by atoms with van der Waals surface area (Å²) in [6.07, 6.45) is 3.23. The third kappa shape index (κ3) is 3.55. The predicted molar refractivity (Wildman–Crippen MR) is 71.4 cm³/mol. The van der Waals surface area contributed by atoms with Gasteiger partial charge in [0.2, 0.25) is 5.91 Å². The molecule has 1 aromatic rings. The van der Waals surface area contributed by atoms with Gasteiger partial charge in [0.05, 0.1) is 13.2 Å². The van der Waals surface area contributed by atoms with E-state index in [4.69, 9.17) is 0 Å². The van der Waals surface area contributed by atoms with Crippen LogP contribution in [-0.2, 0) is 4.79 Å². The summed E-state index contributed by atoms with van der Waals surface area (Å²) < 4.78 is 0. The zero-order valence-electron chi connectivity index (χ0n) is 10.5. The van der Waals surface area contributed by atoms with Crippen molar-refractivity contribution in [1.82, 2.24) is 4.90 Å². The van der Waals surface area contributed by atoms with E-state index in [0.29, 0.717) is 6.54 Å². The zero-order valence-corrected chi connectivity index (χ0v) is 10.5. The summed E-state index contributed by atoms with van der Waals surface area (Å²) in [7, 11) is 0. The molecule has 1 aliphatic rings. The van der Waals surface area contributed by atoms with Crippen LogP contribution in [0.1, 0.15) is 19.3 Å². The molecule has 18 heavy (non-hydrogen) atoms. The number of aliphatic hydroxyl groups excluding tert-OH is 1. The molecule has 0 radical (unpaired) electrons. The molecule has 2 N–H and O–H groups in total. The molecule has 98 valence electrons. The van der Waals surface area contributed by atoms with Crippen LogP contribution in [0.2, 0.25) is 0 Å². The normalized spacial score (nSPS) is 20.6.